The number of amides is 1. The van der Waals surface area contributed by atoms with E-state index in [4.69, 9.17) is 16.3 Å². The average Bonchev–Trinajstić information content (AvgIpc) is 3.05. The Morgan fingerprint density at radius 1 is 1.27 bits per heavy atom. The molecular formula is C17H15ClN2O5S. The molecule has 1 N–H and O–H groups in total. The van der Waals surface area contributed by atoms with Crippen molar-refractivity contribution in [1.29, 1.82) is 0 Å². The highest BCUT2D eigenvalue weighted by atomic mass is 35.5. The lowest BCUT2D eigenvalue weighted by Crippen LogP contribution is -2.20. The van der Waals surface area contributed by atoms with E-state index in [9.17, 15) is 19.7 Å². The first-order valence-electron chi connectivity index (χ1n) is 7.96. The van der Waals surface area contributed by atoms with Crippen LogP contribution in [0, 0.1) is 10.1 Å². The SMILES string of the molecule is O=C(COC(=O)c1cc2c(s1)CCCC2)Nc1ccc([N+](=O)[O-])cc1Cl. The van der Waals surface area contributed by atoms with Crippen molar-refractivity contribution in [2.24, 2.45) is 0 Å². The number of nitro benzene ring substituents is 1. The maximum Gasteiger partial charge on any atom is 0.348 e. The Morgan fingerprint density at radius 2 is 2.04 bits per heavy atom. The van der Waals surface area contributed by atoms with E-state index >= 15 is 0 Å². The van der Waals surface area contributed by atoms with E-state index in [2.05, 4.69) is 5.32 Å². The molecule has 1 amide bonds. The number of fused-ring (bicyclic) bond motifs is 1. The number of nitrogens with zero attached hydrogens (tertiary/aromatic N) is 1. The van der Waals surface area contributed by atoms with Gasteiger partial charge in [0.25, 0.3) is 11.6 Å². The van der Waals surface area contributed by atoms with Crippen LogP contribution in [0.25, 0.3) is 0 Å². The number of aryl methyl sites for hydroxylation is 2. The van der Waals surface area contributed by atoms with E-state index in [0.29, 0.717) is 4.88 Å². The third-order valence-electron chi connectivity index (χ3n) is 3.97. The smallest absolute Gasteiger partial charge is 0.348 e. The van der Waals surface area contributed by atoms with Crippen LogP contribution in [0.15, 0.2) is 24.3 Å². The molecule has 0 aliphatic heterocycles. The Kier molecular flexibility index (Phi) is 5.53. The summed E-state index contributed by atoms with van der Waals surface area (Å²) in [6.45, 7) is -0.464. The van der Waals surface area contributed by atoms with Crippen molar-refractivity contribution in [3.05, 3.63) is 54.7 Å². The molecular weight excluding hydrogens is 380 g/mol. The van der Waals surface area contributed by atoms with Gasteiger partial charge in [-0.15, -0.1) is 11.3 Å². The summed E-state index contributed by atoms with van der Waals surface area (Å²) < 4.78 is 5.05. The summed E-state index contributed by atoms with van der Waals surface area (Å²) in [5.74, 6) is -1.11. The summed E-state index contributed by atoms with van der Waals surface area (Å²) in [6.07, 6.45) is 4.20. The molecule has 7 nitrogen and oxygen atoms in total. The minimum atomic E-state index is -0.583. The molecule has 0 saturated heterocycles. The summed E-state index contributed by atoms with van der Waals surface area (Å²) in [6, 6.07) is 5.53. The van der Waals surface area contributed by atoms with Crippen LogP contribution in [0.1, 0.15) is 33.0 Å². The molecule has 1 aromatic heterocycles. The predicted octanol–water partition coefficient (Wildman–Crippen LogP) is 3.98. The molecule has 1 heterocycles. The minimum absolute atomic E-state index is 0.0322. The van der Waals surface area contributed by atoms with Crippen LogP contribution in [-0.4, -0.2) is 23.4 Å². The van der Waals surface area contributed by atoms with Crippen molar-refractivity contribution < 1.29 is 19.2 Å². The molecule has 9 heteroatoms. The zero-order valence-electron chi connectivity index (χ0n) is 13.6. The van der Waals surface area contributed by atoms with Gasteiger partial charge in [-0.1, -0.05) is 11.6 Å². The Labute approximate surface area is 158 Å². The maximum absolute atomic E-state index is 12.1. The van der Waals surface area contributed by atoms with Crippen LogP contribution in [0.5, 0.6) is 0 Å². The monoisotopic (exact) mass is 394 g/mol. The standard InChI is InChI=1S/C17H15ClN2O5S/c18-12-8-11(20(23)24)5-6-13(12)19-16(21)9-25-17(22)15-7-10-3-1-2-4-14(10)26-15/h5-8H,1-4,9H2,(H,19,21). The quantitative estimate of drug-likeness (QED) is 0.469. The van der Waals surface area contributed by atoms with Crippen LogP contribution >= 0.6 is 22.9 Å². The summed E-state index contributed by atoms with van der Waals surface area (Å²) in [5.41, 5.74) is 1.22. The van der Waals surface area contributed by atoms with Crippen LogP contribution < -0.4 is 5.32 Å². The Morgan fingerprint density at radius 3 is 2.73 bits per heavy atom. The van der Waals surface area contributed by atoms with Gasteiger partial charge in [-0.2, -0.15) is 0 Å². The van der Waals surface area contributed by atoms with E-state index in [1.807, 2.05) is 6.07 Å². The van der Waals surface area contributed by atoms with Gasteiger partial charge in [0.05, 0.1) is 15.6 Å². The summed E-state index contributed by atoms with van der Waals surface area (Å²) in [7, 11) is 0. The zero-order valence-corrected chi connectivity index (χ0v) is 15.2. The molecule has 1 aliphatic carbocycles. The first-order valence-corrected chi connectivity index (χ1v) is 9.16. The molecule has 0 atom stereocenters. The molecule has 0 spiro atoms. The largest absolute Gasteiger partial charge is 0.451 e. The van der Waals surface area contributed by atoms with Crippen LogP contribution in [0.4, 0.5) is 11.4 Å². The number of non-ortho nitro benzene ring substituents is 1. The number of benzene rings is 1. The van der Waals surface area contributed by atoms with Crippen molar-refractivity contribution in [2.75, 3.05) is 11.9 Å². The third-order valence-corrected chi connectivity index (χ3v) is 5.50. The molecule has 2 aromatic rings. The number of esters is 1. The van der Waals surface area contributed by atoms with Gasteiger partial charge in [-0.05, 0) is 43.4 Å². The van der Waals surface area contributed by atoms with Gasteiger partial charge >= 0.3 is 5.97 Å². The van der Waals surface area contributed by atoms with E-state index in [-0.39, 0.29) is 16.4 Å². The average molecular weight is 395 g/mol. The molecule has 1 aromatic carbocycles. The summed E-state index contributed by atoms with van der Waals surface area (Å²) in [4.78, 5) is 35.9. The summed E-state index contributed by atoms with van der Waals surface area (Å²) >= 11 is 7.32. The molecule has 136 valence electrons. The van der Waals surface area contributed by atoms with Gasteiger partial charge in [0.15, 0.2) is 6.61 Å². The molecule has 0 unspecified atom stereocenters. The second-order valence-corrected chi connectivity index (χ2v) is 7.36. The van der Waals surface area contributed by atoms with E-state index in [0.717, 1.165) is 31.7 Å². The minimum Gasteiger partial charge on any atom is -0.451 e. The number of rotatable bonds is 5. The Hall–Kier alpha value is -2.45. The number of anilines is 1. The molecule has 0 saturated carbocycles. The Balaban J connectivity index is 1.56. The van der Waals surface area contributed by atoms with Gasteiger partial charge in [-0.25, -0.2) is 4.79 Å². The van der Waals surface area contributed by atoms with Crippen molar-refractivity contribution >= 4 is 46.2 Å². The lowest BCUT2D eigenvalue weighted by atomic mass is 9.99. The van der Waals surface area contributed by atoms with Crippen LogP contribution in [0.3, 0.4) is 0 Å². The first-order chi connectivity index (χ1) is 12.4. The fourth-order valence-electron chi connectivity index (χ4n) is 2.70. The number of nitro groups is 1. The van der Waals surface area contributed by atoms with Crippen molar-refractivity contribution in [2.45, 2.75) is 25.7 Å². The highest BCUT2D eigenvalue weighted by Gasteiger charge is 2.19. The molecule has 26 heavy (non-hydrogen) atoms. The topological polar surface area (TPSA) is 98.5 Å². The maximum atomic E-state index is 12.1. The number of ether oxygens (including phenoxy) is 1. The molecule has 0 radical (unpaired) electrons. The second kappa shape index (κ2) is 7.84. The Bertz CT molecular complexity index is 857. The highest BCUT2D eigenvalue weighted by Crippen LogP contribution is 2.30. The summed E-state index contributed by atoms with van der Waals surface area (Å²) in [5, 5.41) is 13.2. The number of halogens is 1. The fraction of sp³-hybridized carbons (Fsp3) is 0.294. The van der Waals surface area contributed by atoms with Crippen molar-refractivity contribution in [3.8, 4) is 0 Å². The second-order valence-electron chi connectivity index (χ2n) is 5.81. The van der Waals surface area contributed by atoms with Crippen LogP contribution in [-0.2, 0) is 22.4 Å². The van der Waals surface area contributed by atoms with Gasteiger partial charge in [-0.3, -0.25) is 14.9 Å². The zero-order chi connectivity index (χ0) is 18.7. The van der Waals surface area contributed by atoms with Gasteiger partial charge in [0, 0.05) is 17.0 Å². The molecule has 0 bridgehead atoms. The number of hydrogen-bond donors (Lipinski definition) is 1. The first kappa shape index (κ1) is 18.3. The number of thiophene rings is 1. The van der Waals surface area contributed by atoms with Crippen molar-refractivity contribution in [3.63, 3.8) is 0 Å². The van der Waals surface area contributed by atoms with Gasteiger partial charge in [0.2, 0.25) is 0 Å². The van der Waals surface area contributed by atoms with Crippen molar-refractivity contribution in [1.82, 2.24) is 0 Å². The number of hydrogen-bond acceptors (Lipinski definition) is 6. The highest BCUT2D eigenvalue weighted by molar-refractivity contribution is 7.14. The molecule has 0 fully saturated rings. The number of nitrogens with one attached hydrogen (secondary N) is 1. The predicted molar refractivity (Wildman–Crippen MR) is 98.0 cm³/mol. The van der Waals surface area contributed by atoms with Gasteiger partial charge in [0.1, 0.15) is 4.88 Å². The molecule has 1 aliphatic rings. The van der Waals surface area contributed by atoms with E-state index in [1.165, 1.54) is 33.9 Å². The van der Waals surface area contributed by atoms with E-state index in [1.54, 1.807) is 0 Å². The molecule has 3 rings (SSSR count). The number of carbonyl (C=O) groups is 2. The van der Waals surface area contributed by atoms with Crippen LogP contribution in [0.2, 0.25) is 5.02 Å². The normalized spacial score (nSPS) is 13.0. The third kappa shape index (κ3) is 4.20. The van der Waals surface area contributed by atoms with Gasteiger partial charge < -0.3 is 10.1 Å². The number of carbonyl (C=O) groups excluding carboxylic acids is 2. The fourth-order valence-corrected chi connectivity index (χ4v) is 4.07. The van der Waals surface area contributed by atoms with E-state index < -0.39 is 23.4 Å². The lowest BCUT2D eigenvalue weighted by molar-refractivity contribution is -0.384. The lowest BCUT2D eigenvalue weighted by Gasteiger charge is -2.08.